The van der Waals surface area contributed by atoms with Gasteiger partial charge in [-0.1, -0.05) is 26.0 Å². The van der Waals surface area contributed by atoms with Crippen LogP contribution < -0.4 is 14.8 Å². The maximum atomic E-state index is 5.85. The summed E-state index contributed by atoms with van der Waals surface area (Å²) in [6.45, 7) is 13.7. The Morgan fingerprint density at radius 3 is 2.34 bits per heavy atom. The summed E-state index contributed by atoms with van der Waals surface area (Å²) < 4.78 is 9.27. The second-order valence-electron chi connectivity index (χ2n) is 7.27. The maximum Gasteiger partial charge on any atom is 0.119 e. The van der Waals surface area contributed by atoms with Gasteiger partial charge in [0.1, 0.15) is 12.4 Å². The summed E-state index contributed by atoms with van der Waals surface area (Å²) in [5, 5.41) is 3.40. The summed E-state index contributed by atoms with van der Waals surface area (Å²) in [6, 6.07) is 17.1. The van der Waals surface area contributed by atoms with Crippen molar-refractivity contribution in [3.8, 4) is 5.75 Å². The van der Waals surface area contributed by atoms with Gasteiger partial charge < -0.3 is 19.7 Å². The third kappa shape index (κ3) is 7.55. The molecule has 0 radical (unpaired) electrons. The Labute approximate surface area is 179 Å². The number of hydrogen-bond donors (Lipinski definition) is 2. The number of hydrogen-bond acceptors (Lipinski definition) is 6. The molecule has 6 heteroatoms. The number of ether oxygens (including phenoxy) is 1. The van der Waals surface area contributed by atoms with Gasteiger partial charge in [0.25, 0.3) is 0 Å². The van der Waals surface area contributed by atoms with Crippen molar-refractivity contribution in [1.82, 2.24) is 15.1 Å². The highest BCUT2D eigenvalue weighted by Crippen LogP contribution is 2.23. The lowest BCUT2D eigenvalue weighted by Gasteiger charge is -2.27. The predicted molar refractivity (Wildman–Crippen MR) is 124 cm³/mol. The van der Waals surface area contributed by atoms with Gasteiger partial charge in [0.2, 0.25) is 0 Å². The van der Waals surface area contributed by atoms with Crippen LogP contribution in [0.3, 0.4) is 0 Å². The van der Waals surface area contributed by atoms with Crippen LogP contribution in [0.4, 0.5) is 5.69 Å². The lowest BCUT2D eigenvalue weighted by Crippen LogP contribution is -2.42. The number of rotatable bonds is 11. The zero-order valence-electron chi connectivity index (χ0n) is 17.7. The van der Waals surface area contributed by atoms with Gasteiger partial charge in [0.05, 0.1) is 0 Å². The standard InChI is InChI=1S/C23H34N4OS/c1-3-26(4-2)17-18-28-22-9-7-21(8-10-22)25-29-23-11-5-20(6-12-23)19-27-15-13-24-14-16-27/h5-12,24-25H,3-4,13-19H2,1-2H3. The molecule has 29 heavy (non-hydrogen) atoms. The van der Waals surface area contributed by atoms with E-state index in [2.05, 4.69) is 70.1 Å². The molecule has 0 aromatic heterocycles. The van der Waals surface area contributed by atoms with Gasteiger partial charge >= 0.3 is 0 Å². The predicted octanol–water partition coefficient (Wildman–Crippen LogP) is 3.93. The maximum absolute atomic E-state index is 5.85. The number of piperazine rings is 1. The Kier molecular flexibility index (Phi) is 9.15. The first kappa shape index (κ1) is 22.0. The van der Waals surface area contributed by atoms with Crippen LogP contribution in [0.15, 0.2) is 53.4 Å². The fraction of sp³-hybridized carbons (Fsp3) is 0.478. The van der Waals surface area contributed by atoms with Crippen molar-refractivity contribution >= 4 is 17.6 Å². The number of benzene rings is 2. The summed E-state index contributed by atoms with van der Waals surface area (Å²) in [6.07, 6.45) is 0. The third-order valence-corrected chi connectivity index (χ3v) is 6.10. The molecule has 1 saturated heterocycles. The van der Waals surface area contributed by atoms with E-state index in [0.29, 0.717) is 0 Å². The van der Waals surface area contributed by atoms with Crippen LogP contribution in [-0.4, -0.2) is 62.2 Å². The minimum absolute atomic E-state index is 0.726. The van der Waals surface area contributed by atoms with Gasteiger partial charge in [0, 0.05) is 49.9 Å². The van der Waals surface area contributed by atoms with Crippen LogP contribution in [0, 0.1) is 0 Å². The highest BCUT2D eigenvalue weighted by Gasteiger charge is 2.09. The lowest BCUT2D eigenvalue weighted by atomic mass is 10.2. The second kappa shape index (κ2) is 12.1. The van der Waals surface area contributed by atoms with E-state index in [1.807, 2.05) is 12.1 Å². The number of likely N-dealkylation sites (N-methyl/N-ethyl adjacent to an activating group) is 1. The quantitative estimate of drug-likeness (QED) is 0.543. The molecule has 0 atom stereocenters. The Morgan fingerprint density at radius 1 is 1.00 bits per heavy atom. The van der Waals surface area contributed by atoms with Crippen molar-refractivity contribution in [2.45, 2.75) is 25.3 Å². The van der Waals surface area contributed by atoms with E-state index in [1.54, 1.807) is 11.9 Å². The molecule has 1 fully saturated rings. The molecule has 0 amide bonds. The Hall–Kier alpha value is -1.73. The molecule has 2 aromatic carbocycles. The molecular formula is C23H34N4OS. The first-order chi connectivity index (χ1) is 14.3. The fourth-order valence-corrected chi connectivity index (χ4v) is 4.00. The fourth-order valence-electron chi connectivity index (χ4n) is 3.36. The molecule has 158 valence electrons. The molecule has 0 spiro atoms. The van der Waals surface area contributed by atoms with Crippen molar-refractivity contribution in [3.05, 3.63) is 54.1 Å². The molecule has 1 aliphatic rings. The minimum Gasteiger partial charge on any atom is -0.492 e. The van der Waals surface area contributed by atoms with Crippen molar-refractivity contribution in [1.29, 1.82) is 0 Å². The highest BCUT2D eigenvalue weighted by atomic mass is 32.2. The topological polar surface area (TPSA) is 39.8 Å². The van der Waals surface area contributed by atoms with E-state index in [9.17, 15) is 0 Å². The van der Waals surface area contributed by atoms with Gasteiger partial charge in [-0.25, -0.2) is 0 Å². The average Bonchev–Trinajstić information content (AvgIpc) is 2.78. The molecule has 5 nitrogen and oxygen atoms in total. The van der Waals surface area contributed by atoms with E-state index < -0.39 is 0 Å². The first-order valence-electron chi connectivity index (χ1n) is 10.7. The van der Waals surface area contributed by atoms with Gasteiger partial charge in [-0.2, -0.15) is 0 Å². The molecule has 2 N–H and O–H groups in total. The van der Waals surface area contributed by atoms with E-state index in [1.165, 1.54) is 10.5 Å². The van der Waals surface area contributed by atoms with Gasteiger partial charge in [-0.05, 0) is 67.0 Å². The summed E-state index contributed by atoms with van der Waals surface area (Å²) in [7, 11) is 0. The largest absolute Gasteiger partial charge is 0.492 e. The van der Waals surface area contributed by atoms with E-state index in [-0.39, 0.29) is 0 Å². The highest BCUT2D eigenvalue weighted by molar-refractivity contribution is 8.00. The van der Waals surface area contributed by atoms with E-state index >= 15 is 0 Å². The normalized spacial score (nSPS) is 14.9. The van der Waals surface area contributed by atoms with Crippen LogP contribution in [0.1, 0.15) is 19.4 Å². The first-order valence-corrected chi connectivity index (χ1v) is 11.5. The van der Waals surface area contributed by atoms with Crippen LogP contribution >= 0.6 is 11.9 Å². The second-order valence-corrected chi connectivity index (χ2v) is 8.15. The van der Waals surface area contributed by atoms with Gasteiger partial charge in [0.15, 0.2) is 0 Å². The van der Waals surface area contributed by atoms with Crippen LogP contribution in [0.25, 0.3) is 0 Å². The molecule has 1 aliphatic heterocycles. The van der Waals surface area contributed by atoms with Gasteiger partial charge in [-0.3, -0.25) is 4.90 Å². The van der Waals surface area contributed by atoms with Crippen molar-refractivity contribution in [2.24, 2.45) is 0 Å². The molecule has 0 aliphatic carbocycles. The van der Waals surface area contributed by atoms with Crippen molar-refractivity contribution in [2.75, 3.05) is 57.1 Å². The molecule has 3 rings (SSSR count). The van der Waals surface area contributed by atoms with Crippen LogP contribution in [0.5, 0.6) is 5.75 Å². The van der Waals surface area contributed by atoms with E-state index in [0.717, 1.165) is 70.4 Å². The van der Waals surface area contributed by atoms with Gasteiger partial charge in [-0.15, -0.1) is 0 Å². The summed E-state index contributed by atoms with van der Waals surface area (Å²) >= 11 is 1.64. The zero-order valence-corrected chi connectivity index (χ0v) is 18.5. The van der Waals surface area contributed by atoms with Crippen molar-refractivity contribution in [3.63, 3.8) is 0 Å². The average molecular weight is 415 g/mol. The molecule has 0 saturated carbocycles. The van der Waals surface area contributed by atoms with E-state index in [4.69, 9.17) is 4.74 Å². The lowest BCUT2D eigenvalue weighted by molar-refractivity contribution is 0.223. The summed E-state index contributed by atoms with van der Waals surface area (Å²) in [4.78, 5) is 6.08. The Morgan fingerprint density at radius 2 is 1.69 bits per heavy atom. The molecule has 2 aromatic rings. The number of nitrogens with zero attached hydrogens (tertiary/aromatic N) is 2. The number of anilines is 1. The monoisotopic (exact) mass is 414 g/mol. The smallest absolute Gasteiger partial charge is 0.119 e. The SMILES string of the molecule is CCN(CC)CCOc1ccc(NSc2ccc(CN3CCNCC3)cc2)cc1. The Bertz CT molecular complexity index is 698. The molecule has 1 heterocycles. The minimum atomic E-state index is 0.726. The van der Waals surface area contributed by atoms with Crippen LogP contribution in [0.2, 0.25) is 0 Å². The molecule has 0 bridgehead atoms. The van der Waals surface area contributed by atoms with Crippen molar-refractivity contribution < 1.29 is 4.74 Å². The zero-order chi connectivity index (χ0) is 20.3. The van der Waals surface area contributed by atoms with Crippen LogP contribution in [-0.2, 0) is 6.54 Å². The summed E-state index contributed by atoms with van der Waals surface area (Å²) in [5.41, 5.74) is 2.46. The molecule has 0 unspecified atom stereocenters. The summed E-state index contributed by atoms with van der Waals surface area (Å²) in [5.74, 6) is 0.921. The number of nitrogens with one attached hydrogen (secondary N) is 2. The molecular weight excluding hydrogens is 380 g/mol. The Balaban J connectivity index is 1.40. The third-order valence-electron chi connectivity index (χ3n) is 5.25.